The molecule has 0 aromatic heterocycles. The Hall–Kier alpha value is -3.73. The Morgan fingerprint density at radius 3 is 2.18 bits per heavy atom. The summed E-state index contributed by atoms with van der Waals surface area (Å²) in [6.45, 7) is 2.57. The van der Waals surface area contributed by atoms with Crippen LogP contribution in [0, 0.1) is 0 Å². The minimum absolute atomic E-state index is 0.201. The van der Waals surface area contributed by atoms with Gasteiger partial charge in [0.05, 0.1) is 18.0 Å². The molecule has 0 bridgehead atoms. The van der Waals surface area contributed by atoms with Crippen LogP contribution in [0.3, 0.4) is 0 Å². The van der Waals surface area contributed by atoms with Gasteiger partial charge in [0.2, 0.25) is 5.91 Å². The van der Waals surface area contributed by atoms with Crippen molar-refractivity contribution < 1.29 is 9.53 Å². The molecule has 0 fully saturated rings. The van der Waals surface area contributed by atoms with Crippen molar-refractivity contribution in [1.82, 2.24) is 0 Å². The highest BCUT2D eigenvalue weighted by atomic mass is 16.5. The summed E-state index contributed by atoms with van der Waals surface area (Å²) in [6, 6.07) is 24.3. The summed E-state index contributed by atoms with van der Waals surface area (Å²) in [5.74, 6) is 0.612. The summed E-state index contributed by atoms with van der Waals surface area (Å²) >= 11 is 0. The van der Waals surface area contributed by atoms with Gasteiger partial charge in [-0.05, 0) is 67.1 Å². The highest BCUT2D eigenvalue weighted by molar-refractivity contribution is 6.01. The molecule has 0 heterocycles. The van der Waals surface area contributed by atoms with Crippen LogP contribution in [0.5, 0.6) is 5.75 Å². The van der Waals surface area contributed by atoms with Gasteiger partial charge < -0.3 is 10.1 Å². The van der Waals surface area contributed by atoms with E-state index in [9.17, 15) is 4.79 Å². The number of amides is 1. The van der Waals surface area contributed by atoms with Crippen molar-refractivity contribution in [3.8, 4) is 5.75 Å². The van der Waals surface area contributed by atoms with E-state index in [-0.39, 0.29) is 5.91 Å². The molecule has 0 saturated carbocycles. The Morgan fingerprint density at radius 2 is 1.54 bits per heavy atom. The topological polar surface area (TPSA) is 63.0 Å². The molecule has 1 N–H and O–H groups in total. The third-order valence-electron chi connectivity index (χ3n) is 3.79. The largest absolute Gasteiger partial charge is 0.494 e. The average molecular weight is 371 g/mol. The second-order valence-electron chi connectivity index (χ2n) is 5.91. The van der Waals surface area contributed by atoms with E-state index in [0.29, 0.717) is 18.0 Å². The van der Waals surface area contributed by atoms with Crippen LogP contribution < -0.4 is 10.1 Å². The number of carbonyl (C=O) groups excluding carboxylic acids is 1. The quantitative estimate of drug-likeness (QED) is 0.400. The van der Waals surface area contributed by atoms with E-state index in [1.165, 1.54) is 6.08 Å². The highest BCUT2D eigenvalue weighted by Crippen LogP contribution is 2.20. The first kappa shape index (κ1) is 19.0. The number of azo groups is 1. The smallest absolute Gasteiger partial charge is 0.248 e. The molecule has 0 aliphatic rings. The number of nitrogens with one attached hydrogen (secondary N) is 1. The molecule has 0 unspecified atom stereocenters. The number of ether oxygens (including phenoxy) is 1. The SMILES string of the molecule is CCOc1ccc(C=CC(=O)Nc2ccc(N=Nc3ccccc3)cc2)cc1. The molecule has 5 heteroatoms. The maximum Gasteiger partial charge on any atom is 0.248 e. The van der Waals surface area contributed by atoms with Gasteiger partial charge in [-0.25, -0.2) is 0 Å². The predicted octanol–water partition coefficient (Wildman–Crippen LogP) is 6.15. The Morgan fingerprint density at radius 1 is 0.893 bits per heavy atom. The fraction of sp³-hybridized carbons (Fsp3) is 0.0870. The monoisotopic (exact) mass is 371 g/mol. The van der Waals surface area contributed by atoms with Crippen molar-refractivity contribution in [2.75, 3.05) is 11.9 Å². The number of hydrogen-bond acceptors (Lipinski definition) is 4. The molecule has 0 saturated heterocycles. The first-order valence-corrected chi connectivity index (χ1v) is 9.02. The van der Waals surface area contributed by atoms with E-state index < -0.39 is 0 Å². The molecular formula is C23H21N3O2. The maximum absolute atomic E-state index is 12.1. The third-order valence-corrected chi connectivity index (χ3v) is 3.79. The first-order valence-electron chi connectivity index (χ1n) is 9.02. The lowest BCUT2D eigenvalue weighted by Crippen LogP contribution is -2.07. The standard InChI is InChI=1S/C23H21N3O2/c1-2-28-22-15-8-18(9-16-22)10-17-23(27)24-19-11-13-21(14-12-19)26-25-20-6-4-3-5-7-20/h3-17H,2H2,1H3,(H,24,27). The molecule has 1 amide bonds. The normalized spacial score (nSPS) is 11.0. The summed E-state index contributed by atoms with van der Waals surface area (Å²) in [5, 5.41) is 11.2. The number of hydrogen-bond donors (Lipinski definition) is 1. The van der Waals surface area contributed by atoms with E-state index >= 15 is 0 Å². The van der Waals surface area contributed by atoms with E-state index in [0.717, 1.165) is 17.0 Å². The van der Waals surface area contributed by atoms with Crippen LogP contribution in [0.25, 0.3) is 6.08 Å². The van der Waals surface area contributed by atoms with Crippen LogP contribution in [0.2, 0.25) is 0 Å². The summed E-state index contributed by atoms with van der Waals surface area (Å²) < 4.78 is 5.40. The molecule has 0 aliphatic carbocycles. The molecule has 3 aromatic carbocycles. The molecule has 0 radical (unpaired) electrons. The van der Waals surface area contributed by atoms with E-state index in [1.807, 2.05) is 61.5 Å². The van der Waals surface area contributed by atoms with E-state index in [1.54, 1.807) is 30.3 Å². The van der Waals surface area contributed by atoms with Gasteiger partial charge in [-0.3, -0.25) is 4.79 Å². The van der Waals surface area contributed by atoms with Gasteiger partial charge in [-0.1, -0.05) is 30.3 Å². The molecular weight excluding hydrogens is 350 g/mol. The van der Waals surface area contributed by atoms with Gasteiger partial charge in [-0.15, -0.1) is 0 Å². The maximum atomic E-state index is 12.1. The minimum Gasteiger partial charge on any atom is -0.494 e. The lowest BCUT2D eigenvalue weighted by atomic mass is 10.2. The molecule has 0 atom stereocenters. The summed E-state index contributed by atoms with van der Waals surface area (Å²) in [4.78, 5) is 12.1. The van der Waals surface area contributed by atoms with Crippen molar-refractivity contribution in [2.45, 2.75) is 6.92 Å². The Balaban J connectivity index is 1.54. The molecule has 140 valence electrons. The van der Waals surface area contributed by atoms with Crippen molar-refractivity contribution in [3.05, 3.63) is 90.5 Å². The number of rotatable bonds is 7. The second-order valence-corrected chi connectivity index (χ2v) is 5.91. The van der Waals surface area contributed by atoms with Crippen LogP contribution >= 0.6 is 0 Å². The van der Waals surface area contributed by atoms with Crippen molar-refractivity contribution in [2.24, 2.45) is 10.2 Å². The third kappa shape index (κ3) is 5.92. The van der Waals surface area contributed by atoms with Gasteiger partial charge in [0.25, 0.3) is 0 Å². The fourth-order valence-electron chi connectivity index (χ4n) is 2.42. The minimum atomic E-state index is -0.201. The van der Waals surface area contributed by atoms with E-state index in [2.05, 4.69) is 15.5 Å². The second kappa shape index (κ2) is 9.83. The lowest BCUT2D eigenvalue weighted by Gasteiger charge is -2.03. The molecule has 28 heavy (non-hydrogen) atoms. The van der Waals surface area contributed by atoms with E-state index in [4.69, 9.17) is 4.74 Å². The summed E-state index contributed by atoms with van der Waals surface area (Å²) in [6.07, 6.45) is 3.26. The van der Waals surface area contributed by atoms with Crippen molar-refractivity contribution >= 4 is 29.0 Å². The first-order chi connectivity index (χ1) is 13.7. The molecule has 0 spiro atoms. The van der Waals surface area contributed by atoms with Gasteiger partial charge in [0.15, 0.2) is 0 Å². The van der Waals surface area contributed by atoms with Crippen LogP contribution in [0.4, 0.5) is 17.1 Å². The summed E-state index contributed by atoms with van der Waals surface area (Å²) in [5.41, 5.74) is 3.13. The van der Waals surface area contributed by atoms with Gasteiger partial charge in [0, 0.05) is 11.8 Å². The van der Waals surface area contributed by atoms with Crippen LogP contribution in [-0.4, -0.2) is 12.5 Å². The van der Waals surface area contributed by atoms with Gasteiger partial charge in [0.1, 0.15) is 5.75 Å². The predicted molar refractivity (Wildman–Crippen MR) is 112 cm³/mol. The molecule has 3 aromatic rings. The molecule has 5 nitrogen and oxygen atoms in total. The van der Waals surface area contributed by atoms with Gasteiger partial charge >= 0.3 is 0 Å². The summed E-state index contributed by atoms with van der Waals surface area (Å²) in [7, 11) is 0. The fourth-order valence-corrected chi connectivity index (χ4v) is 2.42. The number of nitrogens with zero attached hydrogens (tertiary/aromatic N) is 2. The number of anilines is 1. The lowest BCUT2D eigenvalue weighted by molar-refractivity contribution is -0.111. The van der Waals surface area contributed by atoms with Gasteiger partial charge in [-0.2, -0.15) is 10.2 Å². The van der Waals surface area contributed by atoms with Crippen LogP contribution in [0.1, 0.15) is 12.5 Å². The van der Waals surface area contributed by atoms with Crippen LogP contribution in [-0.2, 0) is 4.79 Å². The molecule has 3 rings (SSSR count). The Bertz CT molecular complexity index is 947. The Labute approximate surface area is 164 Å². The average Bonchev–Trinajstić information content (AvgIpc) is 2.74. The zero-order valence-corrected chi connectivity index (χ0v) is 15.6. The zero-order valence-electron chi connectivity index (χ0n) is 15.6. The number of benzene rings is 3. The highest BCUT2D eigenvalue weighted by Gasteiger charge is 1.99. The van der Waals surface area contributed by atoms with Crippen molar-refractivity contribution in [3.63, 3.8) is 0 Å². The number of carbonyl (C=O) groups is 1. The van der Waals surface area contributed by atoms with Crippen LogP contribution in [0.15, 0.2) is 95.2 Å². The molecule has 0 aliphatic heterocycles. The zero-order chi connectivity index (χ0) is 19.6. The van der Waals surface area contributed by atoms with Crippen molar-refractivity contribution in [1.29, 1.82) is 0 Å². The Kier molecular flexibility index (Phi) is 6.68.